The minimum absolute atomic E-state index is 0.102. The van der Waals surface area contributed by atoms with Gasteiger partial charge in [-0.2, -0.15) is 0 Å². The van der Waals surface area contributed by atoms with Crippen molar-refractivity contribution in [3.05, 3.63) is 29.8 Å². The van der Waals surface area contributed by atoms with Crippen LogP contribution in [0, 0.1) is 5.92 Å². The fourth-order valence-electron chi connectivity index (χ4n) is 2.04. The monoisotopic (exact) mass is 276 g/mol. The van der Waals surface area contributed by atoms with E-state index in [0.29, 0.717) is 18.4 Å². The number of nitrogens with one attached hydrogen (secondary N) is 2. The van der Waals surface area contributed by atoms with E-state index in [1.165, 1.54) is 5.56 Å². The van der Waals surface area contributed by atoms with Crippen molar-refractivity contribution in [2.45, 2.75) is 53.0 Å². The number of benzene rings is 1. The minimum Gasteiger partial charge on any atom is -0.326 e. The first kappa shape index (κ1) is 16.7. The summed E-state index contributed by atoms with van der Waals surface area (Å²) in [6.07, 6.45) is 2.74. The van der Waals surface area contributed by atoms with Gasteiger partial charge in [-0.15, -0.1) is 0 Å². The van der Waals surface area contributed by atoms with Gasteiger partial charge < -0.3 is 10.6 Å². The lowest BCUT2D eigenvalue weighted by Gasteiger charge is -2.15. The summed E-state index contributed by atoms with van der Waals surface area (Å²) < 4.78 is 0. The van der Waals surface area contributed by atoms with E-state index in [-0.39, 0.29) is 5.91 Å². The highest BCUT2D eigenvalue weighted by atomic mass is 16.1. The zero-order valence-corrected chi connectivity index (χ0v) is 13.2. The summed E-state index contributed by atoms with van der Waals surface area (Å²) in [6.45, 7) is 9.53. The van der Waals surface area contributed by atoms with Crippen LogP contribution in [-0.4, -0.2) is 12.5 Å². The summed E-state index contributed by atoms with van der Waals surface area (Å²) in [5.74, 6) is 0.536. The molecule has 0 heterocycles. The van der Waals surface area contributed by atoms with Crippen molar-refractivity contribution in [3.63, 3.8) is 0 Å². The molecular weight excluding hydrogens is 248 g/mol. The van der Waals surface area contributed by atoms with Gasteiger partial charge in [0, 0.05) is 18.2 Å². The number of hydrogen-bond acceptors (Lipinski definition) is 2. The lowest BCUT2D eigenvalue weighted by atomic mass is 10.0. The van der Waals surface area contributed by atoms with E-state index in [4.69, 9.17) is 0 Å². The zero-order valence-electron chi connectivity index (χ0n) is 13.2. The maximum absolute atomic E-state index is 11.9. The molecule has 20 heavy (non-hydrogen) atoms. The normalized spacial score (nSPS) is 13.8. The van der Waals surface area contributed by atoms with Gasteiger partial charge in [-0.1, -0.05) is 39.3 Å². The summed E-state index contributed by atoms with van der Waals surface area (Å²) in [5, 5.41) is 6.45. The van der Waals surface area contributed by atoms with E-state index >= 15 is 0 Å². The Bertz CT molecular complexity index is 417. The zero-order chi connectivity index (χ0) is 15.0. The second-order valence-corrected chi connectivity index (χ2v) is 5.57. The van der Waals surface area contributed by atoms with E-state index in [0.717, 1.165) is 25.1 Å². The number of amides is 1. The molecule has 2 atom stereocenters. The lowest BCUT2D eigenvalue weighted by molar-refractivity contribution is -0.117. The molecule has 1 rings (SSSR count). The molecule has 0 radical (unpaired) electrons. The van der Waals surface area contributed by atoms with Gasteiger partial charge >= 0.3 is 0 Å². The first-order valence-corrected chi connectivity index (χ1v) is 7.70. The molecule has 1 amide bonds. The van der Waals surface area contributed by atoms with Gasteiger partial charge in [0.2, 0.25) is 5.91 Å². The molecule has 0 aliphatic heterocycles. The van der Waals surface area contributed by atoms with Gasteiger partial charge in [0.25, 0.3) is 0 Å². The number of rotatable bonds is 8. The fourth-order valence-corrected chi connectivity index (χ4v) is 2.04. The molecule has 0 fully saturated rings. The largest absolute Gasteiger partial charge is 0.326 e. The maximum Gasteiger partial charge on any atom is 0.224 e. The Morgan fingerprint density at radius 3 is 2.65 bits per heavy atom. The number of hydrogen-bond donors (Lipinski definition) is 2. The topological polar surface area (TPSA) is 41.1 Å². The van der Waals surface area contributed by atoms with Crippen molar-refractivity contribution < 1.29 is 4.79 Å². The molecule has 0 aliphatic carbocycles. The predicted molar refractivity (Wildman–Crippen MR) is 85.9 cm³/mol. The summed E-state index contributed by atoms with van der Waals surface area (Å²) in [7, 11) is 0. The molecule has 0 bridgehead atoms. The van der Waals surface area contributed by atoms with E-state index in [1.807, 2.05) is 12.1 Å². The summed E-state index contributed by atoms with van der Waals surface area (Å²) in [4.78, 5) is 11.9. The quantitative estimate of drug-likeness (QED) is 0.750. The maximum atomic E-state index is 11.9. The standard InChI is InChI=1S/C17H28N2O/c1-5-10-18-14(4)15-8-7-9-16(12-15)19-17(20)11-13(3)6-2/h7-9,12-14,18H,5-6,10-11H2,1-4H3,(H,19,20). The molecule has 3 heteroatoms. The average Bonchev–Trinajstić information content (AvgIpc) is 2.44. The van der Waals surface area contributed by atoms with Crippen LogP contribution in [0.5, 0.6) is 0 Å². The third-order valence-corrected chi connectivity index (χ3v) is 3.60. The molecule has 0 aliphatic rings. The van der Waals surface area contributed by atoms with Crippen molar-refractivity contribution in [1.29, 1.82) is 0 Å². The second-order valence-electron chi connectivity index (χ2n) is 5.57. The Morgan fingerprint density at radius 1 is 1.25 bits per heavy atom. The van der Waals surface area contributed by atoms with E-state index < -0.39 is 0 Å². The molecule has 1 aromatic carbocycles. The van der Waals surface area contributed by atoms with Gasteiger partial charge in [-0.05, 0) is 43.5 Å². The fraction of sp³-hybridized carbons (Fsp3) is 0.588. The number of carbonyl (C=O) groups excluding carboxylic acids is 1. The molecule has 112 valence electrons. The summed E-state index contributed by atoms with van der Waals surface area (Å²) in [6, 6.07) is 8.41. The average molecular weight is 276 g/mol. The lowest BCUT2D eigenvalue weighted by Crippen LogP contribution is -2.19. The van der Waals surface area contributed by atoms with E-state index in [2.05, 4.69) is 50.5 Å². The van der Waals surface area contributed by atoms with Gasteiger partial charge in [0.1, 0.15) is 0 Å². The molecule has 2 N–H and O–H groups in total. The third kappa shape index (κ3) is 5.74. The van der Waals surface area contributed by atoms with Crippen LogP contribution in [0.4, 0.5) is 5.69 Å². The summed E-state index contributed by atoms with van der Waals surface area (Å²) in [5.41, 5.74) is 2.10. The minimum atomic E-state index is 0.102. The Hall–Kier alpha value is -1.35. The van der Waals surface area contributed by atoms with Crippen LogP contribution >= 0.6 is 0 Å². The summed E-state index contributed by atoms with van der Waals surface area (Å²) >= 11 is 0. The van der Waals surface area contributed by atoms with Gasteiger partial charge in [-0.25, -0.2) is 0 Å². The van der Waals surface area contributed by atoms with Gasteiger partial charge in [0.15, 0.2) is 0 Å². The number of anilines is 1. The first-order valence-electron chi connectivity index (χ1n) is 7.70. The Morgan fingerprint density at radius 2 is 2.00 bits per heavy atom. The third-order valence-electron chi connectivity index (χ3n) is 3.60. The Kier molecular flexibility index (Phi) is 7.31. The van der Waals surface area contributed by atoms with Crippen LogP contribution < -0.4 is 10.6 Å². The molecular formula is C17H28N2O. The van der Waals surface area contributed by atoms with Crippen LogP contribution in [0.25, 0.3) is 0 Å². The molecule has 2 unspecified atom stereocenters. The highest BCUT2D eigenvalue weighted by Gasteiger charge is 2.09. The number of carbonyl (C=O) groups is 1. The SMILES string of the molecule is CCCNC(C)c1cccc(NC(=O)CC(C)CC)c1. The highest BCUT2D eigenvalue weighted by Crippen LogP contribution is 2.18. The molecule has 3 nitrogen and oxygen atoms in total. The molecule has 0 saturated heterocycles. The van der Waals surface area contributed by atoms with Crippen molar-refractivity contribution in [2.75, 3.05) is 11.9 Å². The Labute approximate surface area is 123 Å². The van der Waals surface area contributed by atoms with Crippen LogP contribution in [0.2, 0.25) is 0 Å². The van der Waals surface area contributed by atoms with E-state index in [1.54, 1.807) is 0 Å². The van der Waals surface area contributed by atoms with Crippen molar-refractivity contribution in [3.8, 4) is 0 Å². The molecule has 0 saturated carbocycles. The molecule has 0 aromatic heterocycles. The second kappa shape index (κ2) is 8.75. The van der Waals surface area contributed by atoms with Crippen LogP contribution in [0.1, 0.15) is 58.6 Å². The predicted octanol–water partition coefficient (Wildman–Crippen LogP) is 4.12. The first-order chi connectivity index (χ1) is 9.56. The molecule has 1 aromatic rings. The van der Waals surface area contributed by atoms with Gasteiger partial charge in [-0.3, -0.25) is 4.79 Å². The van der Waals surface area contributed by atoms with E-state index in [9.17, 15) is 4.79 Å². The Balaban J connectivity index is 2.61. The van der Waals surface area contributed by atoms with Crippen LogP contribution in [-0.2, 0) is 4.79 Å². The van der Waals surface area contributed by atoms with Crippen molar-refractivity contribution in [1.82, 2.24) is 5.32 Å². The van der Waals surface area contributed by atoms with Crippen LogP contribution in [0.3, 0.4) is 0 Å². The highest BCUT2D eigenvalue weighted by molar-refractivity contribution is 5.90. The van der Waals surface area contributed by atoms with Crippen LogP contribution in [0.15, 0.2) is 24.3 Å². The van der Waals surface area contributed by atoms with Crippen molar-refractivity contribution >= 4 is 11.6 Å². The smallest absolute Gasteiger partial charge is 0.224 e. The van der Waals surface area contributed by atoms with Gasteiger partial charge in [0.05, 0.1) is 0 Å². The molecule has 0 spiro atoms. The van der Waals surface area contributed by atoms with Crippen molar-refractivity contribution in [2.24, 2.45) is 5.92 Å².